The van der Waals surface area contributed by atoms with Crippen LogP contribution in [0, 0.1) is 0 Å². The molecule has 2 fully saturated rings. The van der Waals surface area contributed by atoms with Gasteiger partial charge in [-0.15, -0.1) is 0 Å². The van der Waals surface area contributed by atoms with E-state index in [1.807, 2.05) is 4.90 Å². The molecule has 1 amide bonds. The summed E-state index contributed by atoms with van der Waals surface area (Å²) in [5.74, 6) is 0.269. The number of rotatable bonds is 4. The summed E-state index contributed by atoms with van der Waals surface area (Å²) in [5.41, 5.74) is 7.26. The number of carbonyl (C=O) groups excluding carboxylic acids is 1. The van der Waals surface area contributed by atoms with Gasteiger partial charge in [-0.25, -0.2) is 0 Å². The quantitative estimate of drug-likeness (QED) is 0.905. The first-order chi connectivity index (χ1) is 11.2. The van der Waals surface area contributed by atoms with E-state index in [4.69, 9.17) is 5.73 Å². The standard InChI is InChI=1S/C18H28N4O/c19-16-5-4-9-22(15-16)18(23)8-10-20-11-13-21(14-12-20)17-6-2-1-3-7-17/h1-3,6-7,16H,4-5,8-15,19H2. The van der Waals surface area contributed by atoms with Crippen LogP contribution in [0.1, 0.15) is 19.3 Å². The molecule has 0 aromatic heterocycles. The molecular weight excluding hydrogens is 288 g/mol. The summed E-state index contributed by atoms with van der Waals surface area (Å²) in [6, 6.07) is 10.7. The molecule has 23 heavy (non-hydrogen) atoms. The summed E-state index contributed by atoms with van der Waals surface area (Å²) in [5, 5.41) is 0. The van der Waals surface area contributed by atoms with E-state index in [2.05, 4.69) is 40.1 Å². The molecule has 1 aromatic rings. The van der Waals surface area contributed by atoms with Crippen LogP contribution in [0.3, 0.4) is 0 Å². The van der Waals surface area contributed by atoms with E-state index in [-0.39, 0.29) is 11.9 Å². The van der Waals surface area contributed by atoms with Crippen LogP contribution in [0.5, 0.6) is 0 Å². The summed E-state index contributed by atoms with van der Waals surface area (Å²) in [4.78, 5) is 19.1. The number of benzene rings is 1. The van der Waals surface area contributed by atoms with E-state index in [1.165, 1.54) is 5.69 Å². The Morgan fingerprint density at radius 1 is 1.09 bits per heavy atom. The van der Waals surface area contributed by atoms with E-state index in [0.717, 1.165) is 58.7 Å². The van der Waals surface area contributed by atoms with Crippen molar-refractivity contribution >= 4 is 11.6 Å². The van der Waals surface area contributed by atoms with Gasteiger partial charge in [-0.3, -0.25) is 9.69 Å². The topological polar surface area (TPSA) is 52.8 Å². The Kier molecular flexibility index (Phi) is 5.51. The second kappa shape index (κ2) is 7.79. The normalized spacial score (nSPS) is 23.1. The Hall–Kier alpha value is -1.59. The molecule has 0 saturated carbocycles. The van der Waals surface area contributed by atoms with Gasteiger partial charge in [0.1, 0.15) is 0 Å². The van der Waals surface area contributed by atoms with E-state index < -0.39 is 0 Å². The molecule has 126 valence electrons. The number of carbonyl (C=O) groups is 1. The second-order valence-corrected chi connectivity index (χ2v) is 6.66. The first-order valence-electron chi connectivity index (χ1n) is 8.78. The maximum atomic E-state index is 12.3. The Morgan fingerprint density at radius 2 is 1.83 bits per heavy atom. The average molecular weight is 316 g/mol. The lowest BCUT2D eigenvalue weighted by atomic mass is 10.1. The molecule has 0 spiro atoms. The average Bonchev–Trinajstić information content (AvgIpc) is 2.61. The molecule has 5 nitrogen and oxygen atoms in total. The fourth-order valence-electron chi connectivity index (χ4n) is 3.52. The van der Waals surface area contributed by atoms with Crippen molar-refractivity contribution in [2.75, 3.05) is 50.7 Å². The smallest absolute Gasteiger partial charge is 0.223 e. The highest BCUT2D eigenvalue weighted by Gasteiger charge is 2.22. The van der Waals surface area contributed by atoms with Gasteiger partial charge in [-0.1, -0.05) is 18.2 Å². The first-order valence-corrected chi connectivity index (χ1v) is 8.78. The fourth-order valence-corrected chi connectivity index (χ4v) is 3.52. The third-order valence-corrected chi connectivity index (χ3v) is 4.95. The molecule has 0 aliphatic carbocycles. The van der Waals surface area contributed by atoms with E-state index in [0.29, 0.717) is 6.42 Å². The number of nitrogens with two attached hydrogens (primary N) is 1. The van der Waals surface area contributed by atoms with Gasteiger partial charge in [0.2, 0.25) is 5.91 Å². The molecule has 1 aromatic carbocycles. The summed E-state index contributed by atoms with van der Waals surface area (Å²) >= 11 is 0. The van der Waals surface area contributed by atoms with Gasteiger partial charge in [0.15, 0.2) is 0 Å². The number of piperazine rings is 1. The van der Waals surface area contributed by atoms with Crippen LogP contribution in [0.4, 0.5) is 5.69 Å². The summed E-state index contributed by atoms with van der Waals surface area (Å²) in [6.45, 7) is 6.62. The number of hydrogen-bond acceptors (Lipinski definition) is 4. The minimum atomic E-state index is 0.169. The van der Waals surface area contributed by atoms with Crippen molar-refractivity contribution in [1.82, 2.24) is 9.80 Å². The molecule has 0 bridgehead atoms. The van der Waals surface area contributed by atoms with Crippen LogP contribution in [0.15, 0.2) is 30.3 Å². The van der Waals surface area contributed by atoms with Crippen molar-refractivity contribution < 1.29 is 4.79 Å². The van der Waals surface area contributed by atoms with Gasteiger partial charge in [-0.2, -0.15) is 0 Å². The number of nitrogens with zero attached hydrogens (tertiary/aromatic N) is 3. The molecule has 2 aliphatic rings. The number of anilines is 1. The van der Waals surface area contributed by atoms with Crippen LogP contribution in [-0.2, 0) is 4.79 Å². The molecular formula is C18H28N4O. The monoisotopic (exact) mass is 316 g/mol. The largest absolute Gasteiger partial charge is 0.369 e. The summed E-state index contributed by atoms with van der Waals surface area (Å²) in [6.07, 6.45) is 2.71. The zero-order valence-electron chi connectivity index (χ0n) is 13.9. The van der Waals surface area contributed by atoms with Crippen LogP contribution in [-0.4, -0.2) is 67.6 Å². The lowest BCUT2D eigenvalue weighted by Gasteiger charge is -2.36. The van der Waals surface area contributed by atoms with Crippen LogP contribution in [0.25, 0.3) is 0 Å². The van der Waals surface area contributed by atoms with Crippen molar-refractivity contribution in [1.29, 1.82) is 0 Å². The minimum absolute atomic E-state index is 0.169. The SMILES string of the molecule is NC1CCCN(C(=O)CCN2CCN(c3ccccc3)CC2)C1. The number of piperidine rings is 1. The third kappa shape index (κ3) is 4.45. The van der Waals surface area contributed by atoms with Crippen LogP contribution < -0.4 is 10.6 Å². The van der Waals surface area contributed by atoms with Crippen molar-refractivity contribution in [2.45, 2.75) is 25.3 Å². The Labute approximate surface area is 139 Å². The van der Waals surface area contributed by atoms with Crippen molar-refractivity contribution in [3.63, 3.8) is 0 Å². The van der Waals surface area contributed by atoms with Crippen molar-refractivity contribution in [3.8, 4) is 0 Å². The predicted molar refractivity (Wildman–Crippen MR) is 93.5 cm³/mol. The van der Waals surface area contributed by atoms with E-state index >= 15 is 0 Å². The number of para-hydroxylation sites is 1. The molecule has 1 atom stereocenters. The summed E-state index contributed by atoms with van der Waals surface area (Å²) < 4.78 is 0. The summed E-state index contributed by atoms with van der Waals surface area (Å²) in [7, 11) is 0. The van der Waals surface area contributed by atoms with Gasteiger partial charge < -0.3 is 15.5 Å². The molecule has 3 rings (SSSR count). The van der Waals surface area contributed by atoms with Gasteiger partial charge in [0.25, 0.3) is 0 Å². The molecule has 2 aliphatic heterocycles. The van der Waals surface area contributed by atoms with Gasteiger partial charge in [0.05, 0.1) is 0 Å². The number of likely N-dealkylation sites (tertiary alicyclic amines) is 1. The zero-order chi connectivity index (χ0) is 16.1. The molecule has 5 heteroatoms. The molecule has 2 N–H and O–H groups in total. The highest BCUT2D eigenvalue weighted by atomic mass is 16.2. The highest BCUT2D eigenvalue weighted by Crippen LogP contribution is 2.16. The predicted octanol–water partition coefficient (Wildman–Crippen LogP) is 1.15. The zero-order valence-corrected chi connectivity index (χ0v) is 13.9. The maximum Gasteiger partial charge on any atom is 0.223 e. The van der Waals surface area contributed by atoms with E-state index in [9.17, 15) is 4.79 Å². The van der Waals surface area contributed by atoms with Gasteiger partial charge in [0, 0.05) is 64.0 Å². The lowest BCUT2D eigenvalue weighted by molar-refractivity contribution is -0.132. The van der Waals surface area contributed by atoms with Crippen molar-refractivity contribution in [2.24, 2.45) is 5.73 Å². The molecule has 0 radical (unpaired) electrons. The molecule has 1 unspecified atom stereocenters. The van der Waals surface area contributed by atoms with Crippen LogP contribution >= 0.6 is 0 Å². The van der Waals surface area contributed by atoms with Crippen LogP contribution in [0.2, 0.25) is 0 Å². The molecule has 2 saturated heterocycles. The minimum Gasteiger partial charge on any atom is -0.369 e. The highest BCUT2D eigenvalue weighted by molar-refractivity contribution is 5.76. The Bertz CT molecular complexity index is 499. The fraction of sp³-hybridized carbons (Fsp3) is 0.611. The van der Waals surface area contributed by atoms with Gasteiger partial charge in [-0.05, 0) is 25.0 Å². The molecule has 2 heterocycles. The van der Waals surface area contributed by atoms with E-state index in [1.54, 1.807) is 0 Å². The third-order valence-electron chi connectivity index (χ3n) is 4.95. The lowest BCUT2D eigenvalue weighted by Crippen LogP contribution is -2.49. The number of hydrogen-bond donors (Lipinski definition) is 1. The van der Waals surface area contributed by atoms with Gasteiger partial charge >= 0.3 is 0 Å². The Morgan fingerprint density at radius 3 is 2.52 bits per heavy atom. The Balaban J connectivity index is 1.40. The maximum absolute atomic E-state index is 12.3. The first kappa shape index (κ1) is 16.3. The number of amides is 1. The second-order valence-electron chi connectivity index (χ2n) is 6.66. The van der Waals surface area contributed by atoms with Crippen molar-refractivity contribution in [3.05, 3.63) is 30.3 Å².